The maximum absolute atomic E-state index is 4.05. The molecule has 0 radical (unpaired) electrons. The predicted octanol–water partition coefficient (Wildman–Crippen LogP) is 0.456. The molecule has 2 aromatic rings. The fourth-order valence-electron chi connectivity index (χ4n) is 1.47. The SMILES string of the molecule is CC(NCc1cncnc1)c1nncn1C. The number of aryl methyl sites for hydroxylation is 1. The summed E-state index contributed by atoms with van der Waals surface area (Å²) in [7, 11) is 1.93. The van der Waals surface area contributed by atoms with E-state index >= 15 is 0 Å². The van der Waals surface area contributed by atoms with Gasteiger partial charge in [0, 0.05) is 31.5 Å². The van der Waals surface area contributed by atoms with Crippen molar-refractivity contribution in [3.63, 3.8) is 0 Å². The first-order valence-electron chi connectivity index (χ1n) is 5.08. The molecule has 0 aliphatic heterocycles. The van der Waals surface area contributed by atoms with E-state index in [1.165, 1.54) is 6.33 Å². The molecule has 1 unspecified atom stereocenters. The number of hydrogen-bond donors (Lipinski definition) is 1. The second kappa shape index (κ2) is 4.80. The second-order valence-electron chi connectivity index (χ2n) is 3.65. The quantitative estimate of drug-likeness (QED) is 0.807. The minimum absolute atomic E-state index is 0.146. The van der Waals surface area contributed by atoms with Crippen molar-refractivity contribution in [3.8, 4) is 0 Å². The Morgan fingerprint density at radius 1 is 1.38 bits per heavy atom. The third-order valence-corrected chi connectivity index (χ3v) is 2.36. The Hall–Kier alpha value is -1.82. The van der Waals surface area contributed by atoms with Crippen LogP contribution in [-0.4, -0.2) is 24.7 Å². The molecule has 84 valence electrons. The summed E-state index contributed by atoms with van der Waals surface area (Å²) in [6.07, 6.45) is 6.81. The van der Waals surface area contributed by atoms with Gasteiger partial charge in [0.1, 0.15) is 18.5 Å². The van der Waals surface area contributed by atoms with Crippen molar-refractivity contribution < 1.29 is 0 Å². The molecule has 0 saturated carbocycles. The van der Waals surface area contributed by atoms with Gasteiger partial charge in [0.2, 0.25) is 0 Å². The normalized spacial score (nSPS) is 12.6. The van der Waals surface area contributed by atoms with Crippen molar-refractivity contribution in [3.05, 3.63) is 36.4 Å². The first-order chi connectivity index (χ1) is 7.77. The molecule has 6 nitrogen and oxygen atoms in total. The molecule has 0 bridgehead atoms. The van der Waals surface area contributed by atoms with Crippen LogP contribution in [0.4, 0.5) is 0 Å². The molecule has 6 heteroatoms. The maximum atomic E-state index is 4.05. The number of aromatic nitrogens is 5. The van der Waals surface area contributed by atoms with Crippen LogP contribution in [0.15, 0.2) is 25.0 Å². The van der Waals surface area contributed by atoms with Crippen LogP contribution in [0.3, 0.4) is 0 Å². The highest BCUT2D eigenvalue weighted by Gasteiger charge is 2.10. The number of rotatable bonds is 4. The van der Waals surface area contributed by atoms with Crippen molar-refractivity contribution in [2.75, 3.05) is 0 Å². The summed E-state index contributed by atoms with van der Waals surface area (Å²) in [6.45, 7) is 2.77. The molecule has 2 rings (SSSR count). The summed E-state index contributed by atoms with van der Waals surface area (Å²) < 4.78 is 1.90. The molecular formula is C10H14N6. The summed E-state index contributed by atoms with van der Waals surface area (Å²) in [6, 6.07) is 0.146. The predicted molar refractivity (Wildman–Crippen MR) is 58.3 cm³/mol. The molecule has 0 aliphatic rings. The Labute approximate surface area is 93.8 Å². The van der Waals surface area contributed by atoms with E-state index in [-0.39, 0.29) is 6.04 Å². The Morgan fingerprint density at radius 2 is 2.12 bits per heavy atom. The Bertz CT molecular complexity index is 438. The van der Waals surface area contributed by atoms with Crippen LogP contribution in [0.2, 0.25) is 0 Å². The summed E-state index contributed by atoms with van der Waals surface area (Å²) in [5.74, 6) is 0.914. The lowest BCUT2D eigenvalue weighted by molar-refractivity contribution is 0.527. The largest absolute Gasteiger partial charge is 0.319 e. The van der Waals surface area contributed by atoms with Gasteiger partial charge in [-0.1, -0.05) is 0 Å². The van der Waals surface area contributed by atoms with Crippen molar-refractivity contribution in [1.29, 1.82) is 0 Å². The Morgan fingerprint density at radius 3 is 2.75 bits per heavy atom. The summed E-state index contributed by atoms with van der Waals surface area (Å²) in [5.41, 5.74) is 1.05. The van der Waals surface area contributed by atoms with Crippen molar-refractivity contribution in [1.82, 2.24) is 30.0 Å². The second-order valence-corrected chi connectivity index (χ2v) is 3.65. The summed E-state index contributed by atoms with van der Waals surface area (Å²) >= 11 is 0. The smallest absolute Gasteiger partial charge is 0.149 e. The van der Waals surface area contributed by atoms with Gasteiger partial charge >= 0.3 is 0 Å². The van der Waals surface area contributed by atoms with E-state index in [2.05, 4.69) is 25.5 Å². The number of hydrogen-bond acceptors (Lipinski definition) is 5. The minimum Gasteiger partial charge on any atom is -0.319 e. The third-order valence-electron chi connectivity index (χ3n) is 2.36. The number of nitrogens with zero attached hydrogens (tertiary/aromatic N) is 5. The molecule has 1 N–H and O–H groups in total. The van der Waals surface area contributed by atoms with Crippen molar-refractivity contribution in [2.45, 2.75) is 19.5 Å². The van der Waals surface area contributed by atoms with E-state index in [1.54, 1.807) is 18.7 Å². The highest BCUT2D eigenvalue weighted by Crippen LogP contribution is 2.07. The fourth-order valence-corrected chi connectivity index (χ4v) is 1.47. The lowest BCUT2D eigenvalue weighted by Gasteiger charge is -2.12. The van der Waals surface area contributed by atoms with Gasteiger partial charge < -0.3 is 9.88 Å². The molecule has 16 heavy (non-hydrogen) atoms. The average Bonchev–Trinajstić information content (AvgIpc) is 2.74. The van der Waals surface area contributed by atoms with Crippen LogP contribution in [-0.2, 0) is 13.6 Å². The molecule has 0 aliphatic carbocycles. The van der Waals surface area contributed by atoms with Crippen LogP contribution in [0.1, 0.15) is 24.4 Å². The zero-order chi connectivity index (χ0) is 11.4. The first-order valence-corrected chi connectivity index (χ1v) is 5.08. The molecular weight excluding hydrogens is 204 g/mol. The van der Waals surface area contributed by atoms with Crippen LogP contribution in [0.5, 0.6) is 0 Å². The monoisotopic (exact) mass is 218 g/mol. The standard InChI is InChI=1S/C10H14N6/c1-8(10-15-14-7-16(10)2)13-5-9-3-11-6-12-4-9/h3-4,6-8,13H,5H2,1-2H3. The molecule has 0 spiro atoms. The van der Waals surface area contributed by atoms with Gasteiger partial charge in [0.15, 0.2) is 0 Å². The number of nitrogens with one attached hydrogen (secondary N) is 1. The van der Waals surface area contributed by atoms with Gasteiger partial charge in [-0.15, -0.1) is 10.2 Å². The first kappa shape index (κ1) is 10.7. The van der Waals surface area contributed by atoms with Crippen LogP contribution in [0.25, 0.3) is 0 Å². The highest BCUT2D eigenvalue weighted by molar-refractivity contribution is 5.03. The molecule has 0 amide bonds. The van der Waals surface area contributed by atoms with Gasteiger partial charge in [-0.05, 0) is 6.92 Å². The van der Waals surface area contributed by atoms with E-state index in [0.717, 1.165) is 17.9 Å². The molecule has 0 saturated heterocycles. The van der Waals surface area contributed by atoms with Crippen molar-refractivity contribution in [2.24, 2.45) is 7.05 Å². The maximum Gasteiger partial charge on any atom is 0.149 e. The molecule has 2 aromatic heterocycles. The third kappa shape index (κ3) is 2.40. The zero-order valence-corrected chi connectivity index (χ0v) is 9.33. The van der Waals surface area contributed by atoms with Gasteiger partial charge in [0.25, 0.3) is 0 Å². The summed E-state index contributed by atoms with van der Waals surface area (Å²) in [5, 5.41) is 11.2. The molecule has 2 heterocycles. The molecule has 0 fully saturated rings. The van der Waals surface area contributed by atoms with Crippen molar-refractivity contribution >= 4 is 0 Å². The van der Waals surface area contributed by atoms with Gasteiger partial charge in [0.05, 0.1) is 6.04 Å². The Kier molecular flexibility index (Phi) is 3.21. The zero-order valence-electron chi connectivity index (χ0n) is 9.33. The van der Waals surface area contributed by atoms with Crippen LogP contribution >= 0.6 is 0 Å². The van der Waals surface area contributed by atoms with Gasteiger partial charge in [-0.25, -0.2) is 9.97 Å². The molecule has 1 atom stereocenters. The van der Waals surface area contributed by atoms with E-state index in [9.17, 15) is 0 Å². The van der Waals surface area contributed by atoms with Gasteiger partial charge in [-0.3, -0.25) is 0 Å². The van der Waals surface area contributed by atoms with Crippen LogP contribution < -0.4 is 5.32 Å². The Balaban J connectivity index is 1.94. The minimum atomic E-state index is 0.146. The average molecular weight is 218 g/mol. The van der Waals surface area contributed by atoms with E-state index in [1.807, 2.05) is 18.5 Å². The van der Waals surface area contributed by atoms with Gasteiger partial charge in [-0.2, -0.15) is 0 Å². The lowest BCUT2D eigenvalue weighted by atomic mass is 10.2. The fraction of sp³-hybridized carbons (Fsp3) is 0.400. The highest BCUT2D eigenvalue weighted by atomic mass is 15.3. The molecule has 0 aromatic carbocycles. The van der Waals surface area contributed by atoms with E-state index in [0.29, 0.717) is 0 Å². The van der Waals surface area contributed by atoms with Crippen LogP contribution in [0, 0.1) is 0 Å². The lowest BCUT2D eigenvalue weighted by Crippen LogP contribution is -2.21. The van der Waals surface area contributed by atoms with E-state index < -0.39 is 0 Å². The topological polar surface area (TPSA) is 68.5 Å². The van der Waals surface area contributed by atoms with E-state index in [4.69, 9.17) is 0 Å². The summed E-state index contributed by atoms with van der Waals surface area (Å²) in [4.78, 5) is 7.92.